The molecule has 2 aromatic carbocycles. The van der Waals surface area contributed by atoms with Crippen LogP contribution in [0.2, 0.25) is 0 Å². The van der Waals surface area contributed by atoms with E-state index in [1.807, 2.05) is 37.3 Å². The Morgan fingerprint density at radius 2 is 1.92 bits per heavy atom. The van der Waals surface area contributed by atoms with Gasteiger partial charge in [-0.3, -0.25) is 4.79 Å². The zero-order valence-electron chi connectivity index (χ0n) is 14.0. The number of benzene rings is 2. The third-order valence-corrected chi connectivity index (χ3v) is 4.04. The molecule has 0 radical (unpaired) electrons. The molecule has 1 heterocycles. The van der Waals surface area contributed by atoms with Crippen molar-refractivity contribution in [3.8, 4) is 0 Å². The molecule has 3 rings (SSSR count). The van der Waals surface area contributed by atoms with Crippen molar-refractivity contribution in [1.29, 1.82) is 0 Å². The zero-order valence-corrected chi connectivity index (χ0v) is 14.0. The van der Waals surface area contributed by atoms with Crippen molar-refractivity contribution >= 4 is 23.0 Å². The molecule has 0 saturated heterocycles. The Morgan fingerprint density at radius 1 is 1.17 bits per heavy atom. The van der Waals surface area contributed by atoms with Crippen LogP contribution in [0.5, 0.6) is 0 Å². The standard InChI is InChI=1S/C20H21N3O/c1-3-12-23-14-16(18-10-6-7-11-19(18)23)13-21-22-20(24)17-9-5-4-8-15(17)2/h4-11,13-14H,3,12H2,1-2H3,(H,22,24)/b21-13+. The molecule has 0 saturated carbocycles. The molecule has 0 unspecified atom stereocenters. The zero-order chi connectivity index (χ0) is 16.9. The molecule has 1 N–H and O–H groups in total. The number of nitrogens with zero attached hydrogens (tertiary/aromatic N) is 2. The monoisotopic (exact) mass is 319 g/mol. The molecule has 1 amide bonds. The van der Waals surface area contributed by atoms with Gasteiger partial charge in [0.1, 0.15) is 0 Å². The van der Waals surface area contributed by atoms with Gasteiger partial charge in [-0.25, -0.2) is 5.43 Å². The molecule has 4 nitrogen and oxygen atoms in total. The molecule has 122 valence electrons. The van der Waals surface area contributed by atoms with Crippen LogP contribution in [0.3, 0.4) is 0 Å². The molecule has 0 spiro atoms. The highest BCUT2D eigenvalue weighted by Crippen LogP contribution is 2.20. The van der Waals surface area contributed by atoms with E-state index < -0.39 is 0 Å². The fourth-order valence-corrected chi connectivity index (χ4v) is 2.85. The number of hydrazone groups is 1. The highest BCUT2D eigenvalue weighted by molar-refractivity contribution is 6.00. The van der Waals surface area contributed by atoms with Gasteiger partial charge in [0.25, 0.3) is 5.91 Å². The summed E-state index contributed by atoms with van der Waals surface area (Å²) in [6.07, 6.45) is 4.86. The third kappa shape index (κ3) is 3.23. The Morgan fingerprint density at radius 3 is 2.71 bits per heavy atom. The maximum absolute atomic E-state index is 12.2. The van der Waals surface area contributed by atoms with Crippen LogP contribution in [0.25, 0.3) is 10.9 Å². The molecule has 3 aromatic rings. The predicted octanol–water partition coefficient (Wildman–Crippen LogP) is 4.12. The number of hydrogen-bond donors (Lipinski definition) is 1. The Balaban J connectivity index is 1.81. The molecular weight excluding hydrogens is 298 g/mol. The first-order valence-corrected chi connectivity index (χ1v) is 8.17. The minimum Gasteiger partial charge on any atom is -0.347 e. The Bertz CT molecular complexity index is 893. The number of nitrogens with one attached hydrogen (secondary N) is 1. The number of aryl methyl sites for hydroxylation is 2. The van der Waals surface area contributed by atoms with E-state index in [4.69, 9.17) is 0 Å². The molecule has 24 heavy (non-hydrogen) atoms. The van der Waals surface area contributed by atoms with Gasteiger partial charge >= 0.3 is 0 Å². The van der Waals surface area contributed by atoms with Gasteiger partial charge < -0.3 is 4.57 Å². The summed E-state index contributed by atoms with van der Waals surface area (Å²) >= 11 is 0. The van der Waals surface area contributed by atoms with Crippen molar-refractivity contribution in [3.63, 3.8) is 0 Å². The quantitative estimate of drug-likeness (QED) is 0.558. The highest BCUT2D eigenvalue weighted by atomic mass is 16.2. The molecule has 0 aliphatic carbocycles. The maximum atomic E-state index is 12.2. The second-order valence-electron chi connectivity index (χ2n) is 5.81. The predicted molar refractivity (Wildman–Crippen MR) is 98.5 cm³/mol. The second kappa shape index (κ2) is 7.13. The van der Waals surface area contributed by atoms with Gasteiger partial charge in [0.15, 0.2) is 0 Å². The minimum atomic E-state index is -0.193. The molecule has 0 atom stereocenters. The topological polar surface area (TPSA) is 46.4 Å². The summed E-state index contributed by atoms with van der Waals surface area (Å²) in [5, 5.41) is 5.28. The van der Waals surface area contributed by atoms with Gasteiger partial charge in [-0.05, 0) is 31.0 Å². The van der Waals surface area contributed by atoms with Crippen molar-refractivity contribution in [2.24, 2.45) is 5.10 Å². The smallest absolute Gasteiger partial charge is 0.271 e. The lowest BCUT2D eigenvalue weighted by atomic mass is 10.1. The van der Waals surface area contributed by atoms with E-state index in [2.05, 4.69) is 40.3 Å². The van der Waals surface area contributed by atoms with Crippen LogP contribution in [0.4, 0.5) is 0 Å². The van der Waals surface area contributed by atoms with Crippen molar-refractivity contribution in [3.05, 3.63) is 71.4 Å². The van der Waals surface area contributed by atoms with E-state index in [-0.39, 0.29) is 5.91 Å². The van der Waals surface area contributed by atoms with Gasteiger partial charge in [-0.15, -0.1) is 0 Å². The summed E-state index contributed by atoms with van der Waals surface area (Å²) in [4.78, 5) is 12.2. The first-order chi connectivity index (χ1) is 11.7. The second-order valence-corrected chi connectivity index (χ2v) is 5.81. The number of para-hydroxylation sites is 1. The number of fused-ring (bicyclic) bond motifs is 1. The molecule has 0 aliphatic rings. The van der Waals surface area contributed by atoms with Gasteiger partial charge in [0.2, 0.25) is 0 Å². The fourth-order valence-electron chi connectivity index (χ4n) is 2.85. The molecule has 0 bridgehead atoms. The van der Waals surface area contributed by atoms with E-state index in [1.165, 1.54) is 5.52 Å². The molecule has 4 heteroatoms. The lowest BCUT2D eigenvalue weighted by Gasteiger charge is -2.02. The van der Waals surface area contributed by atoms with Gasteiger partial charge in [-0.1, -0.05) is 43.3 Å². The number of carbonyl (C=O) groups is 1. The van der Waals surface area contributed by atoms with Crippen LogP contribution in [-0.2, 0) is 6.54 Å². The summed E-state index contributed by atoms with van der Waals surface area (Å²) in [6.45, 7) is 5.03. The lowest BCUT2D eigenvalue weighted by Crippen LogP contribution is -2.18. The van der Waals surface area contributed by atoms with Crippen molar-refractivity contribution < 1.29 is 4.79 Å². The SMILES string of the molecule is CCCn1cc(/C=N/NC(=O)c2ccccc2C)c2ccccc21. The normalized spacial score (nSPS) is 11.2. The Kier molecular flexibility index (Phi) is 4.75. The Hall–Kier alpha value is -2.88. The van der Waals surface area contributed by atoms with E-state index in [1.54, 1.807) is 12.3 Å². The van der Waals surface area contributed by atoms with Crippen molar-refractivity contribution in [2.75, 3.05) is 0 Å². The first kappa shape index (κ1) is 16.0. The van der Waals surface area contributed by atoms with Crippen LogP contribution in [0, 0.1) is 6.92 Å². The van der Waals surface area contributed by atoms with Crippen LogP contribution in [0.15, 0.2) is 59.8 Å². The maximum Gasteiger partial charge on any atom is 0.271 e. The third-order valence-electron chi connectivity index (χ3n) is 4.04. The number of hydrogen-bond acceptors (Lipinski definition) is 2. The van der Waals surface area contributed by atoms with Gasteiger partial charge in [0.05, 0.1) is 6.21 Å². The van der Waals surface area contributed by atoms with Crippen LogP contribution in [-0.4, -0.2) is 16.7 Å². The highest BCUT2D eigenvalue weighted by Gasteiger charge is 2.08. The lowest BCUT2D eigenvalue weighted by molar-refractivity contribution is 0.0954. The number of aromatic nitrogens is 1. The van der Waals surface area contributed by atoms with Crippen molar-refractivity contribution in [2.45, 2.75) is 26.8 Å². The van der Waals surface area contributed by atoms with Crippen LogP contribution in [0.1, 0.15) is 34.8 Å². The largest absolute Gasteiger partial charge is 0.347 e. The van der Waals surface area contributed by atoms with Gasteiger partial charge in [0, 0.05) is 34.8 Å². The molecule has 1 aromatic heterocycles. The molecule has 0 fully saturated rings. The molecular formula is C20H21N3O. The van der Waals surface area contributed by atoms with Gasteiger partial charge in [-0.2, -0.15) is 5.10 Å². The average molecular weight is 319 g/mol. The summed E-state index contributed by atoms with van der Waals surface area (Å²) < 4.78 is 2.22. The fraction of sp³-hybridized carbons (Fsp3) is 0.200. The summed E-state index contributed by atoms with van der Waals surface area (Å²) in [6, 6.07) is 15.7. The number of carbonyl (C=O) groups excluding carboxylic acids is 1. The summed E-state index contributed by atoms with van der Waals surface area (Å²) in [7, 11) is 0. The van der Waals surface area contributed by atoms with Crippen molar-refractivity contribution in [1.82, 2.24) is 9.99 Å². The van der Waals surface area contributed by atoms with Crippen LogP contribution < -0.4 is 5.43 Å². The first-order valence-electron chi connectivity index (χ1n) is 8.17. The number of amides is 1. The Labute approximate surface area is 141 Å². The van der Waals surface area contributed by atoms with E-state index in [0.29, 0.717) is 5.56 Å². The summed E-state index contributed by atoms with van der Waals surface area (Å²) in [5.41, 5.74) is 6.38. The van der Waals surface area contributed by atoms with E-state index in [0.717, 1.165) is 29.5 Å². The van der Waals surface area contributed by atoms with E-state index in [9.17, 15) is 4.79 Å². The average Bonchev–Trinajstić information content (AvgIpc) is 2.94. The minimum absolute atomic E-state index is 0.193. The molecule has 0 aliphatic heterocycles. The summed E-state index contributed by atoms with van der Waals surface area (Å²) in [5.74, 6) is -0.193. The van der Waals surface area contributed by atoms with E-state index >= 15 is 0 Å². The van der Waals surface area contributed by atoms with Crippen LogP contribution >= 0.6 is 0 Å². The number of rotatable bonds is 5.